The Morgan fingerprint density at radius 3 is 2.07 bits per heavy atom. The van der Waals surface area contributed by atoms with E-state index in [1.54, 1.807) is 0 Å². The van der Waals surface area contributed by atoms with E-state index in [0.717, 1.165) is 17.8 Å². The molecule has 0 amide bonds. The van der Waals surface area contributed by atoms with Gasteiger partial charge in [0.2, 0.25) is 0 Å². The summed E-state index contributed by atoms with van der Waals surface area (Å²) in [7, 11) is 0. The monoisotopic (exact) mass is 211 g/mol. The summed E-state index contributed by atoms with van der Waals surface area (Å²) in [5.74, 6) is 2.60. The summed E-state index contributed by atoms with van der Waals surface area (Å²) >= 11 is 0. The highest BCUT2D eigenvalue weighted by molar-refractivity contribution is 4.70. The number of nitrogens with zero attached hydrogens (tertiary/aromatic N) is 1. The van der Waals surface area contributed by atoms with E-state index < -0.39 is 0 Å². The molecule has 0 saturated carbocycles. The molecule has 0 N–H and O–H groups in total. The fraction of sp³-hybridized carbons (Fsp3) is 1.00. The van der Waals surface area contributed by atoms with Crippen molar-refractivity contribution in [2.75, 3.05) is 19.6 Å². The van der Waals surface area contributed by atoms with Crippen LogP contribution in [0.3, 0.4) is 0 Å². The second-order valence-electron chi connectivity index (χ2n) is 5.92. The van der Waals surface area contributed by atoms with Crippen molar-refractivity contribution in [2.45, 2.75) is 53.4 Å². The number of hydrogen-bond acceptors (Lipinski definition) is 1. The van der Waals surface area contributed by atoms with Crippen LogP contribution >= 0.6 is 0 Å². The second kappa shape index (κ2) is 6.52. The van der Waals surface area contributed by atoms with E-state index in [4.69, 9.17) is 0 Å². The van der Waals surface area contributed by atoms with Crippen LogP contribution in [0.25, 0.3) is 0 Å². The van der Waals surface area contributed by atoms with Crippen molar-refractivity contribution in [3.8, 4) is 0 Å². The molecule has 1 saturated heterocycles. The molecule has 90 valence electrons. The lowest BCUT2D eigenvalue weighted by Crippen LogP contribution is -2.34. The molecule has 1 heterocycles. The van der Waals surface area contributed by atoms with Gasteiger partial charge in [-0.2, -0.15) is 0 Å². The summed E-state index contributed by atoms with van der Waals surface area (Å²) in [6.45, 7) is 13.5. The summed E-state index contributed by atoms with van der Waals surface area (Å²) in [6, 6.07) is 0. The van der Waals surface area contributed by atoms with Crippen molar-refractivity contribution >= 4 is 0 Å². The first-order chi connectivity index (χ1) is 7.09. The minimum atomic E-state index is 0.841. The van der Waals surface area contributed by atoms with Gasteiger partial charge in [-0.3, -0.25) is 0 Å². The van der Waals surface area contributed by atoms with Crippen LogP contribution in [0.5, 0.6) is 0 Å². The molecule has 1 rings (SSSR count). The third kappa shape index (κ3) is 5.01. The van der Waals surface area contributed by atoms with Gasteiger partial charge in [0.25, 0.3) is 0 Å². The summed E-state index contributed by atoms with van der Waals surface area (Å²) in [5, 5.41) is 0. The van der Waals surface area contributed by atoms with E-state index in [-0.39, 0.29) is 0 Å². The van der Waals surface area contributed by atoms with Gasteiger partial charge in [-0.1, -0.05) is 34.1 Å². The Hall–Kier alpha value is -0.0400. The van der Waals surface area contributed by atoms with Crippen LogP contribution in [0.1, 0.15) is 53.4 Å². The third-order valence-corrected chi connectivity index (χ3v) is 3.93. The van der Waals surface area contributed by atoms with Crippen LogP contribution in [0, 0.1) is 17.8 Å². The second-order valence-corrected chi connectivity index (χ2v) is 5.92. The fourth-order valence-corrected chi connectivity index (χ4v) is 2.56. The molecule has 2 unspecified atom stereocenters. The number of rotatable bonds is 5. The molecule has 1 aliphatic heterocycles. The zero-order chi connectivity index (χ0) is 11.3. The van der Waals surface area contributed by atoms with Gasteiger partial charge in [0, 0.05) is 6.54 Å². The lowest BCUT2D eigenvalue weighted by molar-refractivity contribution is 0.183. The summed E-state index contributed by atoms with van der Waals surface area (Å²) in [4.78, 5) is 2.67. The highest BCUT2D eigenvalue weighted by Gasteiger charge is 2.16. The molecule has 0 aromatic rings. The van der Waals surface area contributed by atoms with Crippen molar-refractivity contribution in [3.05, 3.63) is 0 Å². The van der Waals surface area contributed by atoms with Gasteiger partial charge in [-0.05, 0) is 50.1 Å². The predicted molar refractivity (Wildman–Crippen MR) is 68.1 cm³/mol. The third-order valence-electron chi connectivity index (χ3n) is 3.93. The van der Waals surface area contributed by atoms with Gasteiger partial charge >= 0.3 is 0 Å². The molecule has 0 aliphatic carbocycles. The summed E-state index contributed by atoms with van der Waals surface area (Å²) < 4.78 is 0. The van der Waals surface area contributed by atoms with Gasteiger partial charge in [0.15, 0.2) is 0 Å². The molecule has 1 nitrogen and oxygen atoms in total. The highest BCUT2D eigenvalue weighted by atomic mass is 15.1. The molecule has 0 aromatic heterocycles. The van der Waals surface area contributed by atoms with Crippen molar-refractivity contribution in [1.82, 2.24) is 4.90 Å². The van der Waals surface area contributed by atoms with Crippen LogP contribution in [0.2, 0.25) is 0 Å². The van der Waals surface area contributed by atoms with E-state index in [1.807, 2.05) is 0 Å². The SMILES string of the molecule is CC(CC(C)C(C)C)CN1CCCCC1. The van der Waals surface area contributed by atoms with E-state index in [1.165, 1.54) is 45.3 Å². The van der Waals surface area contributed by atoms with E-state index in [0.29, 0.717) is 0 Å². The number of piperidine rings is 1. The molecule has 0 bridgehead atoms. The van der Waals surface area contributed by atoms with Crippen molar-refractivity contribution in [1.29, 1.82) is 0 Å². The van der Waals surface area contributed by atoms with Crippen LogP contribution < -0.4 is 0 Å². The average molecular weight is 211 g/mol. The minimum Gasteiger partial charge on any atom is -0.303 e. The molecule has 0 aromatic carbocycles. The highest BCUT2D eigenvalue weighted by Crippen LogP contribution is 2.21. The van der Waals surface area contributed by atoms with Gasteiger partial charge in [-0.25, -0.2) is 0 Å². The Morgan fingerprint density at radius 2 is 1.53 bits per heavy atom. The fourth-order valence-electron chi connectivity index (χ4n) is 2.56. The molecule has 2 atom stereocenters. The standard InChI is InChI=1S/C14H29N/c1-12(2)14(4)10-13(3)11-15-8-6-5-7-9-15/h12-14H,5-11H2,1-4H3. The van der Waals surface area contributed by atoms with Crippen LogP contribution in [0.15, 0.2) is 0 Å². The normalized spacial score (nSPS) is 23.0. The van der Waals surface area contributed by atoms with Crippen LogP contribution in [-0.2, 0) is 0 Å². The zero-order valence-electron chi connectivity index (χ0n) is 11.1. The summed E-state index contributed by atoms with van der Waals surface area (Å²) in [5.41, 5.74) is 0. The molecule has 1 aliphatic rings. The van der Waals surface area contributed by atoms with Crippen molar-refractivity contribution in [3.63, 3.8) is 0 Å². The largest absolute Gasteiger partial charge is 0.303 e. The Kier molecular flexibility index (Phi) is 5.66. The van der Waals surface area contributed by atoms with E-state index in [2.05, 4.69) is 32.6 Å². The lowest BCUT2D eigenvalue weighted by Gasteiger charge is -2.30. The van der Waals surface area contributed by atoms with Crippen LogP contribution in [-0.4, -0.2) is 24.5 Å². The first kappa shape index (κ1) is 13.0. The Labute approximate surface area is 96.2 Å². The van der Waals surface area contributed by atoms with Gasteiger partial charge in [0.1, 0.15) is 0 Å². The molecule has 1 heteroatoms. The average Bonchev–Trinajstić information content (AvgIpc) is 2.18. The Morgan fingerprint density at radius 1 is 0.933 bits per heavy atom. The summed E-state index contributed by atoms with van der Waals surface area (Å²) in [6.07, 6.45) is 5.69. The van der Waals surface area contributed by atoms with Crippen molar-refractivity contribution in [2.24, 2.45) is 17.8 Å². The van der Waals surface area contributed by atoms with E-state index >= 15 is 0 Å². The van der Waals surface area contributed by atoms with Gasteiger partial charge in [-0.15, -0.1) is 0 Å². The topological polar surface area (TPSA) is 3.24 Å². The zero-order valence-corrected chi connectivity index (χ0v) is 11.1. The maximum absolute atomic E-state index is 2.67. The maximum Gasteiger partial charge on any atom is 0.000712 e. The molecule has 15 heavy (non-hydrogen) atoms. The molecule has 1 fully saturated rings. The lowest BCUT2D eigenvalue weighted by atomic mass is 9.88. The Balaban J connectivity index is 2.19. The van der Waals surface area contributed by atoms with Gasteiger partial charge < -0.3 is 4.90 Å². The number of likely N-dealkylation sites (tertiary alicyclic amines) is 1. The number of hydrogen-bond donors (Lipinski definition) is 0. The quantitative estimate of drug-likeness (QED) is 0.669. The molecule has 0 radical (unpaired) electrons. The molecule has 0 spiro atoms. The van der Waals surface area contributed by atoms with Crippen molar-refractivity contribution < 1.29 is 0 Å². The first-order valence-corrected chi connectivity index (χ1v) is 6.82. The first-order valence-electron chi connectivity index (χ1n) is 6.82. The smallest absolute Gasteiger partial charge is 0.000712 e. The van der Waals surface area contributed by atoms with Gasteiger partial charge in [0.05, 0.1) is 0 Å². The maximum atomic E-state index is 2.67. The molecular weight excluding hydrogens is 182 g/mol. The van der Waals surface area contributed by atoms with Crippen LogP contribution in [0.4, 0.5) is 0 Å². The van der Waals surface area contributed by atoms with E-state index in [9.17, 15) is 0 Å². The molecular formula is C14H29N. The predicted octanol–water partition coefficient (Wildman–Crippen LogP) is 3.79. The minimum absolute atomic E-state index is 0.841. The Bertz CT molecular complexity index is 159.